The number of amides is 1. The highest BCUT2D eigenvalue weighted by Gasteiger charge is 2.22. The lowest BCUT2D eigenvalue weighted by atomic mass is 10.1. The molecule has 3 heterocycles. The Kier molecular flexibility index (Phi) is 11.0. The van der Waals surface area contributed by atoms with Gasteiger partial charge in [-0.25, -0.2) is 18.4 Å². The molecule has 1 aliphatic heterocycles. The first-order valence-electron chi connectivity index (χ1n) is 13.4. The van der Waals surface area contributed by atoms with E-state index in [1.54, 1.807) is 12.1 Å². The van der Waals surface area contributed by atoms with Crippen molar-refractivity contribution in [1.82, 2.24) is 15.3 Å². The van der Waals surface area contributed by atoms with E-state index in [0.29, 0.717) is 53.7 Å². The summed E-state index contributed by atoms with van der Waals surface area (Å²) in [4.78, 5) is 31.1. The van der Waals surface area contributed by atoms with Crippen LogP contribution in [0.3, 0.4) is 0 Å². The second kappa shape index (κ2) is 14.6. The number of pyridine rings is 1. The molecule has 1 aromatic carbocycles. The molecule has 222 valence electrons. The maximum atomic E-state index is 13.4. The minimum Gasteiger partial charge on any atom is -0.389 e. The molecule has 0 radical (unpaired) electrons. The number of thiazole rings is 1. The van der Waals surface area contributed by atoms with Gasteiger partial charge in [0.15, 0.2) is 26.8 Å². The first-order chi connectivity index (χ1) is 19.8. The summed E-state index contributed by atoms with van der Waals surface area (Å²) in [5.41, 5.74) is 1.06. The molecule has 12 nitrogen and oxygen atoms in total. The van der Waals surface area contributed by atoms with Crippen LogP contribution in [0, 0.1) is 0 Å². The molecule has 0 unspecified atom stereocenters. The number of hydrogen-bond acceptors (Lipinski definition) is 12. The van der Waals surface area contributed by atoms with Crippen LogP contribution in [0.25, 0.3) is 10.3 Å². The summed E-state index contributed by atoms with van der Waals surface area (Å²) >= 11 is 1.25. The zero-order chi connectivity index (χ0) is 29.2. The maximum Gasteiger partial charge on any atom is 0.280 e. The Morgan fingerprint density at radius 1 is 1.22 bits per heavy atom. The van der Waals surface area contributed by atoms with Crippen molar-refractivity contribution in [2.45, 2.75) is 30.8 Å². The van der Waals surface area contributed by atoms with Gasteiger partial charge in [0.2, 0.25) is 0 Å². The zero-order valence-corrected chi connectivity index (χ0v) is 25.1. The number of nitrogens with one attached hydrogen (secondary N) is 2. The smallest absolute Gasteiger partial charge is 0.280 e. The van der Waals surface area contributed by atoms with Crippen LogP contribution in [0.5, 0.6) is 0 Å². The Balaban J connectivity index is 1.52. The van der Waals surface area contributed by atoms with Gasteiger partial charge in [0.25, 0.3) is 5.91 Å². The molecule has 1 atom stereocenters. The number of benzene rings is 1. The number of anilines is 2. The molecule has 1 fully saturated rings. The molecular weight excluding hydrogens is 568 g/mol. The van der Waals surface area contributed by atoms with Crippen molar-refractivity contribution in [1.29, 1.82) is 0 Å². The number of methoxy groups -OCH3 is 1. The fourth-order valence-electron chi connectivity index (χ4n) is 4.05. The van der Waals surface area contributed by atoms with Crippen molar-refractivity contribution in [3.05, 3.63) is 42.0 Å². The average Bonchev–Trinajstić information content (AvgIpc) is 3.62. The summed E-state index contributed by atoms with van der Waals surface area (Å²) in [5.74, 6) is 0.232. The van der Waals surface area contributed by atoms with Crippen molar-refractivity contribution in [2.75, 3.05) is 69.6 Å². The van der Waals surface area contributed by atoms with E-state index in [2.05, 4.69) is 32.6 Å². The second-order valence-corrected chi connectivity index (χ2v) is 12.5. The van der Waals surface area contributed by atoms with Gasteiger partial charge in [-0.05, 0) is 37.2 Å². The van der Waals surface area contributed by atoms with Crippen LogP contribution in [-0.4, -0.2) is 95.5 Å². The van der Waals surface area contributed by atoms with E-state index in [1.807, 2.05) is 19.2 Å². The van der Waals surface area contributed by atoms with E-state index >= 15 is 0 Å². The molecule has 1 aliphatic rings. The Morgan fingerprint density at radius 2 is 2.02 bits per heavy atom. The van der Waals surface area contributed by atoms with Crippen LogP contribution in [-0.2, 0) is 28.9 Å². The first kappa shape index (κ1) is 30.8. The number of fused-ring (bicyclic) bond motifs is 1. The van der Waals surface area contributed by atoms with E-state index in [4.69, 9.17) is 19.3 Å². The number of carbonyl (C=O) groups is 1. The van der Waals surface area contributed by atoms with Gasteiger partial charge in [-0.2, -0.15) is 0 Å². The molecule has 41 heavy (non-hydrogen) atoms. The Hall–Kier alpha value is -3.17. The van der Waals surface area contributed by atoms with Gasteiger partial charge in [-0.1, -0.05) is 35.5 Å². The molecule has 1 saturated heterocycles. The summed E-state index contributed by atoms with van der Waals surface area (Å²) < 4.78 is 35.6. The quantitative estimate of drug-likeness (QED) is 0.151. The van der Waals surface area contributed by atoms with Gasteiger partial charge < -0.3 is 24.5 Å². The number of nitrogens with zero attached hydrogens (tertiary/aromatic N) is 4. The Bertz CT molecular complexity index is 1440. The van der Waals surface area contributed by atoms with Crippen molar-refractivity contribution < 1.29 is 27.5 Å². The Labute approximate surface area is 244 Å². The van der Waals surface area contributed by atoms with Crippen LogP contribution in [0.1, 0.15) is 25.3 Å². The number of rotatable bonds is 15. The van der Waals surface area contributed by atoms with Crippen LogP contribution in [0.15, 0.2) is 46.4 Å². The number of carbonyl (C=O) groups excluding carboxylic acids is 1. The van der Waals surface area contributed by atoms with E-state index in [1.165, 1.54) is 30.6 Å². The number of hydrogen-bond donors (Lipinski definition) is 2. The summed E-state index contributed by atoms with van der Waals surface area (Å²) in [5, 5.41) is 10.6. The molecule has 14 heteroatoms. The molecular formula is C27H36N6O6S2. The molecule has 2 N–H and O–H groups in total. The highest BCUT2D eigenvalue weighted by atomic mass is 32.2. The predicted octanol–water partition coefficient (Wildman–Crippen LogP) is 2.70. The minimum absolute atomic E-state index is 0.00343. The molecule has 4 rings (SSSR count). The van der Waals surface area contributed by atoms with Crippen LogP contribution < -0.4 is 15.5 Å². The average molecular weight is 605 g/mol. The third kappa shape index (κ3) is 8.42. The minimum atomic E-state index is -3.49. The predicted molar refractivity (Wildman–Crippen MR) is 160 cm³/mol. The van der Waals surface area contributed by atoms with Gasteiger partial charge in [-0.3, -0.25) is 10.1 Å². The van der Waals surface area contributed by atoms with Crippen molar-refractivity contribution >= 4 is 54.1 Å². The molecule has 2 aromatic heterocycles. The van der Waals surface area contributed by atoms with Crippen molar-refractivity contribution in [3.8, 4) is 0 Å². The van der Waals surface area contributed by atoms with E-state index < -0.39 is 15.7 Å². The topological polar surface area (TPSA) is 144 Å². The number of sulfone groups is 1. The fourth-order valence-corrected chi connectivity index (χ4v) is 6.16. The molecule has 0 saturated carbocycles. The van der Waals surface area contributed by atoms with E-state index in [-0.39, 0.29) is 22.5 Å². The van der Waals surface area contributed by atoms with E-state index in [0.717, 1.165) is 25.5 Å². The lowest BCUT2D eigenvalue weighted by molar-refractivity contribution is -0.110. The highest BCUT2D eigenvalue weighted by Crippen LogP contribution is 2.27. The van der Waals surface area contributed by atoms with Gasteiger partial charge in [-0.15, -0.1) is 0 Å². The fraction of sp³-hybridized carbons (Fsp3) is 0.481. The van der Waals surface area contributed by atoms with Crippen LogP contribution in [0.4, 0.5) is 10.9 Å². The Morgan fingerprint density at radius 3 is 2.73 bits per heavy atom. The largest absolute Gasteiger partial charge is 0.389 e. The van der Waals surface area contributed by atoms with Gasteiger partial charge in [0, 0.05) is 45.8 Å². The van der Waals surface area contributed by atoms with Crippen molar-refractivity contribution in [2.24, 2.45) is 5.16 Å². The zero-order valence-electron chi connectivity index (χ0n) is 23.5. The van der Waals surface area contributed by atoms with Crippen LogP contribution in [0.2, 0.25) is 0 Å². The monoisotopic (exact) mass is 604 g/mol. The van der Waals surface area contributed by atoms with Gasteiger partial charge in [0.1, 0.15) is 16.2 Å². The number of aromatic nitrogens is 2. The number of likely N-dealkylation sites (N-methyl/N-ethyl adjacent to an activating group) is 2. The summed E-state index contributed by atoms with van der Waals surface area (Å²) in [7, 11) is 0.0138. The number of ether oxygens (including phenoxy) is 2. The summed E-state index contributed by atoms with van der Waals surface area (Å²) in [6.07, 6.45) is 0.775. The van der Waals surface area contributed by atoms with Crippen molar-refractivity contribution in [3.63, 3.8) is 0 Å². The van der Waals surface area contributed by atoms with Gasteiger partial charge in [0.05, 0.1) is 23.9 Å². The highest BCUT2D eigenvalue weighted by molar-refractivity contribution is 7.91. The van der Waals surface area contributed by atoms with Crippen LogP contribution >= 0.6 is 11.3 Å². The standard InChI is InChI=1S/C27H36N6O6S2/c1-4-28-13-14-33(2)23-11-10-22-26(30-23)40-27(29-22)31-25(34)24(32-39-20-12-16-38-18-20)19-6-8-21(9-7-19)41(35,36)17-5-15-37-3/h6-11,20,28H,4-5,12-18H2,1-3H3,(H,29,31,34)/t20-/m1/s1. The number of oxime groups is 1. The third-order valence-corrected chi connectivity index (χ3v) is 9.07. The normalized spacial score (nSPS) is 15.8. The van der Waals surface area contributed by atoms with E-state index in [9.17, 15) is 13.2 Å². The lowest BCUT2D eigenvalue weighted by Crippen LogP contribution is -2.29. The SMILES string of the molecule is CCNCCN(C)c1ccc2nc(NC(=O)C(=NO[C@@H]3CCOC3)c3ccc(S(=O)(=O)CCCOC)cc3)sc2n1. The maximum absolute atomic E-state index is 13.4. The van der Waals surface area contributed by atoms with Gasteiger partial charge >= 0.3 is 0 Å². The lowest BCUT2D eigenvalue weighted by Gasteiger charge is -2.17. The molecule has 0 spiro atoms. The molecule has 0 bridgehead atoms. The second-order valence-electron chi connectivity index (χ2n) is 9.46. The molecule has 3 aromatic rings. The molecule has 1 amide bonds. The third-order valence-electron chi connectivity index (χ3n) is 6.37. The first-order valence-corrected chi connectivity index (χ1v) is 15.9. The molecule has 0 aliphatic carbocycles. The summed E-state index contributed by atoms with van der Waals surface area (Å²) in [6.45, 7) is 5.90. The summed E-state index contributed by atoms with van der Waals surface area (Å²) in [6, 6.07) is 9.80.